The van der Waals surface area contributed by atoms with Crippen LogP contribution in [-0.2, 0) is 6.54 Å². The zero-order valence-electron chi connectivity index (χ0n) is 10.7. The van der Waals surface area contributed by atoms with Gasteiger partial charge in [0.1, 0.15) is 5.82 Å². The Labute approximate surface area is 111 Å². The quantitative estimate of drug-likeness (QED) is 0.858. The van der Waals surface area contributed by atoms with Gasteiger partial charge in [-0.1, -0.05) is 13.8 Å². The number of aryl methyl sites for hydroxylation is 1. The summed E-state index contributed by atoms with van der Waals surface area (Å²) < 4.78 is 15.8. The first kappa shape index (κ1) is 13.0. The van der Waals surface area contributed by atoms with Crippen molar-refractivity contribution in [3.8, 4) is 11.4 Å². The van der Waals surface area contributed by atoms with E-state index in [0.717, 1.165) is 17.9 Å². The standard InChI is InChI=1S/C13H16FN3S/c1-8(2)7-17-12(15-16-13(17)18)10-4-5-11(14)9(3)6-10/h4-6,8H,7H2,1-3H3,(H,16,18). The summed E-state index contributed by atoms with van der Waals surface area (Å²) in [5.74, 6) is 1.02. The Morgan fingerprint density at radius 1 is 1.44 bits per heavy atom. The number of aromatic nitrogens is 3. The molecule has 0 aliphatic heterocycles. The predicted molar refractivity (Wildman–Crippen MR) is 72.4 cm³/mol. The molecule has 5 heteroatoms. The molecule has 2 aromatic rings. The van der Waals surface area contributed by atoms with E-state index in [0.29, 0.717) is 16.3 Å². The maximum atomic E-state index is 13.3. The molecular weight excluding hydrogens is 249 g/mol. The van der Waals surface area contributed by atoms with Gasteiger partial charge in [0.2, 0.25) is 0 Å². The molecule has 0 amide bonds. The first-order valence-electron chi connectivity index (χ1n) is 5.90. The minimum absolute atomic E-state index is 0.205. The normalized spacial score (nSPS) is 11.2. The molecule has 1 heterocycles. The van der Waals surface area contributed by atoms with E-state index < -0.39 is 0 Å². The number of nitrogens with one attached hydrogen (secondary N) is 1. The second-order valence-corrected chi connectivity index (χ2v) is 5.21. The van der Waals surface area contributed by atoms with E-state index in [2.05, 4.69) is 24.0 Å². The fraction of sp³-hybridized carbons (Fsp3) is 0.385. The highest BCUT2D eigenvalue weighted by Gasteiger charge is 2.11. The van der Waals surface area contributed by atoms with E-state index in [-0.39, 0.29) is 5.82 Å². The first-order chi connectivity index (χ1) is 8.49. The van der Waals surface area contributed by atoms with Crippen molar-refractivity contribution < 1.29 is 4.39 Å². The lowest BCUT2D eigenvalue weighted by molar-refractivity contribution is 0.521. The molecule has 1 aromatic heterocycles. The van der Waals surface area contributed by atoms with Crippen LogP contribution < -0.4 is 0 Å². The van der Waals surface area contributed by atoms with Gasteiger partial charge < -0.3 is 0 Å². The third-order valence-electron chi connectivity index (χ3n) is 2.72. The zero-order chi connectivity index (χ0) is 13.3. The van der Waals surface area contributed by atoms with Crippen molar-refractivity contribution in [3.63, 3.8) is 0 Å². The monoisotopic (exact) mass is 265 g/mol. The van der Waals surface area contributed by atoms with Crippen molar-refractivity contribution >= 4 is 12.2 Å². The number of benzene rings is 1. The molecule has 0 atom stereocenters. The SMILES string of the molecule is Cc1cc(-c2n[nH]c(=S)n2CC(C)C)ccc1F. The average Bonchev–Trinajstić information content (AvgIpc) is 2.64. The third kappa shape index (κ3) is 2.51. The minimum atomic E-state index is -0.205. The average molecular weight is 265 g/mol. The summed E-state index contributed by atoms with van der Waals surface area (Å²) in [6, 6.07) is 4.98. The Morgan fingerprint density at radius 2 is 2.17 bits per heavy atom. The molecule has 96 valence electrons. The molecular formula is C13H16FN3S. The van der Waals surface area contributed by atoms with Crippen LogP contribution in [0.2, 0.25) is 0 Å². The van der Waals surface area contributed by atoms with Gasteiger partial charge in [0.05, 0.1) is 0 Å². The Bertz CT molecular complexity index is 613. The lowest BCUT2D eigenvalue weighted by Gasteiger charge is -2.09. The number of H-pyrrole nitrogens is 1. The molecule has 0 aliphatic carbocycles. The molecule has 1 N–H and O–H groups in total. The van der Waals surface area contributed by atoms with Crippen LogP contribution in [0.4, 0.5) is 4.39 Å². The zero-order valence-corrected chi connectivity index (χ0v) is 11.5. The van der Waals surface area contributed by atoms with Crippen LogP contribution >= 0.6 is 12.2 Å². The van der Waals surface area contributed by atoms with Crippen molar-refractivity contribution in [2.75, 3.05) is 0 Å². The highest BCUT2D eigenvalue weighted by Crippen LogP contribution is 2.21. The predicted octanol–water partition coefficient (Wildman–Crippen LogP) is 3.71. The second kappa shape index (κ2) is 5.02. The Balaban J connectivity index is 2.50. The number of halogens is 1. The smallest absolute Gasteiger partial charge is 0.195 e. The van der Waals surface area contributed by atoms with Crippen LogP contribution in [0, 0.1) is 23.4 Å². The van der Waals surface area contributed by atoms with Gasteiger partial charge in [-0.15, -0.1) is 0 Å². The van der Waals surface area contributed by atoms with Gasteiger partial charge in [0.25, 0.3) is 0 Å². The van der Waals surface area contributed by atoms with Gasteiger partial charge >= 0.3 is 0 Å². The van der Waals surface area contributed by atoms with Gasteiger partial charge in [0, 0.05) is 12.1 Å². The Kier molecular flexibility index (Phi) is 3.61. The van der Waals surface area contributed by atoms with E-state index >= 15 is 0 Å². The molecule has 0 fully saturated rings. The maximum Gasteiger partial charge on any atom is 0.195 e. The molecule has 18 heavy (non-hydrogen) atoms. The number of rotatable bonds is 3. The Morgan fingerprint density at radius 3 is 2.78 bits per heavy atom. The topological polar surface area (TPSA) is 33.6 Å². The summed E-state index contributed by atoms with van der Waals surface area (Å²) in [6.45, 7) is 6.77. The van der Waals surface area contributed by atoms with Crippen LogP contribution in [-0.4, -0.2) is 14.8 Å². The summed E-state index contributed by atoms with van der Waals surface area (Å²) in [6.07, 6.45) is 0. The van der Waals surface area contributed by atoms with Gasteiger partial charge in [-0.2, -0.15) is 5.10 Å². The molecule has 0 saturated carbocycles. The van der Waals surface area contributed by atoms with Crippen molar-refractivity contribution in [2.24, 2.45) is 5.92 Å². The van der Waals surface area contributed by atoms with E-state index in [1.165, 1.54) is 6.07 Å². The minimum Gasteiger partial charge on any atom is -0.300 e. The van der Waals surface area contributed by atoms with E-state index in [1.54, 1.807) is 19.1 Å². The molecule has 2 rings (SSSR count). The highest BCUT2D eigenvalue weighted by molar-refractivity contribution is 7.71. The third-order valence-corrected chi connectivity index (χ3v) is 3.03. The fourth-order valence-electron chi connectivity index (χ4n) is 1.86. The van der Waals surface area contributed by atoms with Crippen molar-refractivity contribution in [3.05, 3.63) is 34.4 Å². The highest BCUT2D eigenvalue weighted by atomic mass is 32.1. The molecule has 1 aromatic carbocycles. The lowest BCUT2D eigenvalue weighted by Crippen LogP contribution is -2.06. The van der Waals surface area contributed by atoms with Crippen LogP contribution in [0.5, 0.6) is 0 Å². The number of hydrogen-bond donors (Lipinski definition) is 1. The molecule has 0 radical (unpaired) electrons. The summed E-state index contributed by atoms with van der Waals surface area (Å²) in [5, 5.41) is 7.03. The largest absolute Gasteiger partial charge is 0.300 e. The van der Waals surface area contributed by atoms with E-state index in [1.807, 2.05) is 4.57 Å². The summed E-state index contributed by atoms with van der Waals surface area (Å²) in [4.78, 5) is 0. The van der Waals surface area contributed by atoms with Crippen molar-refractivity contribution in [1.82, 2.24) is 14.8 Å². The summed E-state index contributed by atoms with van der Waals surface area (Å²) in [5.41, 5.74) is 1.49. The van der Waals surface area contributed by atoms with Gasteiger partial charge in [0.15, 0.2) is 10.6 Å². The molecule has 3 nitrogen and oxygen atoms in total. The number of hydrogen-bond acceptors (Lipinski definition) is 2. The molecule has 0 bridgehead atoms. The van der Waals surface area contributed by atoms with Gasteiger partial charge in [-0.25, -0.2) is 4.39 Å². The van der Waals surface area contributed by atoms with Crippen LogP contribution in [0.3, 0.4) is 0 Å². The molecule has 0 saturated heterocycles. The fourth-order valence-corrected chi connectivity index (χ4v) is 2.06. The molecule has 0 spiro atoms. The van der Waals surface area contributed by atoms with Crippen LogP contribution in [0.1, 0.15) is 19.4 Å². The molecule has 0 aliphatic rings. The number of aromatic amines is 1. The summed E-state index contributed by atoms with van der Waals surface area (Å²) >= 11 is 5.22. The van der Waals surface area contributed by atoms with Crippen molar-refractivity contribution in [2.45, 2.75) is 27.3 Å². The lowest BCUT2D eigenvalue weighted by atomic mass is 10.1. The van der Waals surface area contributed by atoms with E-state index in [4.69, 9.17) is 12.2 Å². The Hall–Kier alpha value is -1.49. The van der Waals surface area contributed by atoms with Gasteiger partial charge in [-0.05, 0) is 48.8 Å². The van der Waals surface area contributed by atoms with E-state index in [9.17, 15) is 4.39 Å². The van der Waals surface area contributed by atoms with Gasteiger partial charge in [-0.3, -0.25) is 9.67 Å². The van der Waals surface area contributed by atoms with Crippen LogP contribution in [0.25, 0.3) is 11.4 Å². The number of nitrogens with zero attached hydrogens (tertiary/aromatic N) is 2. The molecule has 0 unspecified atom stereocenters. The van der Waals surface area contributed by atoms with Crippen LogP contribution in [0.15, 0.2) is 18.2 Å². The first-order valence-corrected chi connectivity index (χ1v) is 6.31. The second-order valence-electron chi connectivity index (χ2n) is 4.82. The summed E-state index contributed by atoms with van der Waals surface area (Å²) in [7, 11) is 0. The van der Waals surface area contributed by atoms with Crippen molar-refractivity contribution in [1.29, 1.82) is 0 Å². The maximum absolute atomic E-state index is 13.3.